The van der Waals surface area contributed by atoms with Crippen LogP contribution in [0.5, 0.6) is 5.75 Å². The molecular formula is C49H60F6N6O6. The summed E-state index contributed by atoms with van der Waals surface area (Å²) in [7, 11) is 1.48. The van der Waals surface area contributed by atoms with Gasteiger partial charge in [-0.15, -0.1) is 0 Å². The number of rotatable bonds is 14. The van der Waals surface area contributed by atoms with E-state index in [1.54, 1.807) is 24.3 Å². The molecule has 12 nitrogen and oxygen atoms in total. The van der Waals surface area contributed by atoms with Crippen LogP contribution in [0.2, 0.25) is 0 Å². The van der Waals surface area contributed by atoms with E-state index in [1.807, 2.05) is 9.80 Å². The predicted molar refractivity (Wildman–Crippen MR) is 235 cm³/mol. The molecule has 4 bridgehead atoms. The molecular weight excluding hydrogens is 883 g/mol. The maximum absolute atomic E-state index is 14.1. The third kappa shape index (κ3) is 12.1. The monoisotopic (exact) mass is 942 g/mol. The summed E-state index contributed by atoms with van der Waals surface area (Å²) in [5.74, 6) is -6.13. The normalized spacial score (nSPS) is 24.3. The number of amides is 4. The Morgan fingerprint density at radius 1 is 0.642 bits per heavy atom. The molecule has 5 saturated heterocycles. The fourth-order valence-corrected chi connectivity index (χ4v) is 11.0. The lowest BCUT2D eigenvalue weighted by Gasteiger charge is -2.41. The molecule has 8 atom stereocenters. The molecule has 8 rings (SSSR count). The predicted octanol–water partition coefficient (Wildman–Crippen LogP) is 5.86. The number of carbonyl (C=O) groups is 4. The van der Waals surface area contributed by atoms with Crippen molar-refractivity contribution in [2.45, 2.75) is 120 Å². The van der Waals surface area contributed by atoms with Gasteiger partial charge in [0.25, 0.3) is 5.91 Å². The van der Waals surface area contributed by atoms with Gasteiger partial charge in [0, 0.05) is 68.0 Å². The fourth-order valence-electron chi connectivity index (χ4n) is 11.0. The summed E-state index contributed by atoms with van der Waals surface area (Å²) >= 11 is 0. The van der Waals surface area contributed by atoms with Gasteiger partial charge in [-0.3, -0.25) is 19.2 Å². The third-order valence-electron chi connectivity index (χ3n) is 14.4. The molecule has 0 saturated carbocycles. The minimum Gasteiger partial charge on any atom is -0.496 e. The molecule has 5 aliphatic rings. The molecule has 67 heavy (non-hydrogen) atoms. The Balaban J connectivity index is 0.000000199. The van der Waals surface area contributed by atoms with Crippen molar-refractivity contribution in [3.63, 3.8) is 0 Å². The van der Waals surface area contributed by atoms with Gasteiger partial charge in [-0.25, -0.2) is 26.3 Å². The first-order valence-corrected chi connectivity index (χ1v) is 23.3. The Hall–Kier alpha value is -5.20. The molecule has 3 aromatic rings. The average Bonchev–Trinajstić information content (AvgIpc) is 3.74. The van der Waals surface area contributed by atoms with Gasteiger partial charge in [0.05, 0.1) is 25.8 Å². The lowest BCUT2D eigenvalue weighted by Crippen LogP contribution is -2.52. The Morgan fingerprint density at radius 2 is 1.07 bits per heavy atom. The highest BCUT2D eigenvalue weighted by Gasteiger charge is 2.46. The zero-order chi connectivity index (χ0) is 47.9. The quantitative estimate of drug-likeness (QED) is 0.115. The topological polar surface area (TPSA) is 169 Å². The Morgan fingerprint density at radius 3 is 1.54 bits per heavy atom. The van der Waals surface area contributed by atoms with Gasteiger partial charge in [-0.1, -0.05) is 12.1 Å². The first-order valence-electron chi connectivity index (χ1n) is 23.3. The van der Waals surface area contributed by atoms with Gasteiger partial charge in [-0.2, -0.15) is 0 Å². The summed E-state index contributed by atoms with van der Waals surface area (Å²) in [4.78, 5) is 54.3. The van der Waals surface area contributed by atoms with Gasteiger partial charge < -0.3 is 41.4 Å². The van der Waals surface area contributed by atoms with Crippen LogP contribution in [0.3, 0.4) is 0 Å². The zero-order valence-corrected chi connectivity index (χ0v) is 37.6. The van der Waals surface area contributed by atoms with Gasteiger partial charge in [0.15, 0.2) is 23.3 Å². The van der Waals surface area contributed by atoms with Gasteiger partial charge in [0.1, 0.15) is 17.4 Å². The van der Waals surface area contributed by atoms with Crippen molar-refractivity contribution in [2.24, 2.45) is 29.2 Å². The van der Waals surface area contributed by atoms with Gasteiger partial charge >= 0.3 is 0 Å². The highest BCUT2D eigenvalue weighted by atomic mass is 19.2. The highest BCUT2D eigenvalue weighted by molar-refractivity contribution is 5.98. The number of hydrogen-bond donors (Lipinski definition) is 4. The van der Waals surface area contributed by atoms with E-state index in [-0.39, 0.29) is 96.7 Å². The van der Waals surface area contributed by atoms with Crippen molar-refractivity contribution in [1.29, 1.82) is 0 Å². The van der Waals surface area contributed by atoms with E-state index in [4.69, 9.17) is 20.9 Å². The number of hydrogen-bond acceptors (Lipinski definition) is 8. The van der Waals surface area contributed by atoms with Crippen LogP contribution in [-0.4, -0.2) is 103 Å². The summed E-state index contributed by atoms with van der Waals surface area (Å²) in [6.07, 6.45) is 8.44. The molecule has 0 aliphatic carbocycles. The van der Waals surface area contributed by atoms with Crippen molar-refractivity contribution < 1.29 is 55.0 Å². The van der Waals surface area contributed by atoms with E-state index in [2.05, 4.69) is 10.6 Å². The van der Waals surface area contributed by atoms with E-state index in [0.717, 1.165) is 50.7 Å². The number of nitrogens with zero attached hydrogens (tertiary/aromatic N) is 2. The standard InChI is InChI=1S/C25H28F3N3O3.C24H32F3N3O3/c1-34-23-5-3-2-4-18(23)25(33)30-13-24(32)31-16-6-7-17(31)9-15(8-16)22(29)11-14-10-20(27)21(28)12-19(14)26;25-19-12-21(27)20(26)10-15(19)11-22(28)16-8-17-1-2-18(9-16)30(17)24(32)13-29-23(31)7-14-3-5-33-6-4-14/h2-5,10,12,15-17,22H,6-9,11,13,29H2,1H3,(H,30,33);10,12,14,16-18,22H,1-9,11,13,28H2,(H,29,31)/t15?,16-,17+,22-;16?,17-,18+,22-/m11/s1. The fraction of sp³-hybridized carbons (Fsp3) is 0.551. The first kappa shape index (κ1) is 49.7. The molecule has 6 N–H and O–H groups in total. The van der Waals surface area contributed by atoms with Crippen LogP contribution in [0.4, 0.5) is 26.3 Å². The van der Waals surface area contributed by atoms with Gasteiger partial charge in [-0.05, 0) is 130 Å². The van der Waals surface area contributed by atoms with Crippen molar-refractivity contribution in [3.8, 4) is 5.75 Å². The molecule has 364 valence electrons. The molecule has 0 radical (unpaired) electrons. The number of fused-ring (bicyclic) bond motifs is 4. The smallest absolute Gasteiger partial charge is 0.255 e. The summed E-state index contributed by atoms with van der Waals surface area (Å²) < 4.78 is 92.1. The SMILES string of the molecule is COc1ccccc1C(=O)NCC(=O)N1[C@@H]2CC[C@H]1CC([C@H](N)Cc1cc(F)c(F)cc1F)C2.N[C@H](Cc1cc(F)c(F)cc1F)C1C[C@H]2CC[C@@H](C1)N2C(=O)CNC(=O)CC1CCOCC1. The summed E-state index contributed by atoms with van der Waals surface area (Å²) in [6.45, 7) is 1.23. The molecule has 0 spiro atoms. The Labute approximate surface area is 386 Å². The summed E-state index contributed by atoms with van der Waals surface area (Å²) in [6, 6.07) is 8.82. The number of benzene rings is 3. The molecule has 5 fully saturated rings. The average molecular weight is 943 g/mol. The second-order valence-electron chi connectivity index (χ2n) is 18.7. The minimum absolute atomic E-state index is 0.00809. The molecule has 3 aromatic carbocycles. The number of nitrogens with one attached hydrogen (secondary N) is 2. The number of nitrogens with two attached hydrogens (primary N) is 2. The zero-order valence-electron chi connectivity index (χ0n) is 37.6. The number of para-hydroxylation sites is 1. The number of halogens is 6. The summed E-state index contributed by atoms with van der Waals surface area (Å²) in [5, 5.41) is 5.45. The summed E-state index contributed by atoms with van der Waals surface area (Å²) in [5.41, 5.74) is 13.2. The third-order valence-corrected chi connectivity index (χ3v) is 14.4. The minimum atomic E-state index is -1.22. The highest BCUT2D eigenvalue weighted by Crippen LogP contribution is 2.42. The second kappa shape index (κ2) is 22.3. The van der Waals surface area contributed by atoms with E-state index < -0.39 is 47.0 Å². The lowest BCUT2D eigenvalue weighted by atomic mass is 9.82. The van der Waals surface area contributed by atoms with E-state index >= 15 is 0 Å². The molecule has 4 amide bonds. The Bertz CT molecular complexity index is 2240. The van der Waals surface area contributed by atoms with Crippen LogP contribution in [0.15, 0.2) is 48.5 Å². The van der Waals surface area contributed by atoms with Crippen LogP contribution in [-0.2, 0) is 32.0 Å². The maximum atomic E-state index is 14.1. The number of carbonyl (C=O) groups excluding carboxylic acids is 4. The van der Waals surface area contributed by atoms with Crippen LogP contribution in [0.25, 0.3) is 0 Å². The van der Waals surface area contributed by atoms with Crippen LogP contribution in [0, 0.1) is 52.7 Å². The maximum Gasteiger partial charge on any atom is 0.255 e. The van der Waals surface area contributed by atoms with E-state index in [0.29, 0.717) is 74.7 Å². The second-order valence-corrected chi connectivity index (χ2v) is 18.7. The first-order chi connectivity index (χ1) is 32.1. The van der Waals surface area contributed by atoms with Crippen molar-refractivity contribution in [2.75, 3.05) is 33.4 Å². The van der Waals surface area contributed by atoms with E-state index in [9.17, 15) is 45.5 Å². The van der Waals surface area contributed by atoms with Crippen LogP contribution >= 0.6 is 0 Å². The van der Waals surface area contributed by atoms with Crippen molar-refractivity contribution in [3.05, 3.63) is 100 Å². The van der Waals surface area contributed by atoms with Crippen molar-refractivity contribution in [1.82, 2.24) is 20.4 Å². The largest absolute Gasteiger partial charge is 0.496 e. The number of ether oxygens (including phenoxy) is 2. The lowest BCUT2D eigenvalue weighted by molar-refractivity contribution is -0.137. The molecule has 2 unspecified atom stereocenters. The van der Waals surface area contributed by atoms with Crippen LogP contribution in [0.1, 0.15) is 92.1 Å². The van der Waals surface area contributed by atoms with Crippen molar-refractivity contribution >= 4 is 23.6 Å². The molecule has 5 heterocycles. The molecule has 18 heteroatoms. The van der Waals surface area contributed by atoms with E-state index in [1.165, 1.54) is 7.11 Å². The Kier molecular flexibility index (Phi) is 16.5. The number of piperidine rings is 2. The van der Waals surface area contributed by atoms with Gasteiger partial charge in [0.2, 0.25) is 17.7 Å². The molecule has 0 aromatic heterocycles. The molecule has 5 aliphatic heterocycles. The number of methoxy groups -OCH3 is 1. The van der Waals surface area contributed by atoms with Crippen LogP contribution < -0.4 is 26.8 Å².